The lowest BCUT2D eigenvalue weighted by Crippen LogP contribution is -2.36. The Morgan fingerprint density at radius 1 is 1.21 bits per heavy atom. The number of ether oxygens (including phenoxy) is 2. The molecule has 1 saturated heterocycles. The van der Waals surface area contributed by atoms with Gasteiger partial charge < -0.3 is 14.4 Å². The van der Waals surface area contributed by atoms with Crippen molar-refractivity contribution in [1.82, 2.24) is 0 Å². The van der Waals surface area contributed by atoms with Crippen molar-refractivity contribution in [2.75, 3.05) is 38.3 Å². The van der Waals surface area contributed by atoms with Crippen LogP contribution in [0, 0.1) is 5.82 Å². The minimum atomic E-state index is -0.265. The smallest absolute Gasteiger partial charge is 0.147 e. The molecule has 0 atom stereocenters. The summed E-state index contributed by atoms with van der Waals surface area (Å²) in [6.07, 6.45) is 1.60. The summed E-state index contributed by atoms with van der Waals surface area (Å²) in [5.41, 5.74) is 1.87. The quantitative estimate of drug-likeness (QED) is 0.781. The van der Waals surface area contributed by atoms with Crippen molar-refractivity contribution in [2.45, 2.75) is 0 Å². The van der Waals surface area contributed by atoms with Crippen LogP contribution >= 0.6 is 11.6 Å². The van der Waals surface area contributed by atoms with Crippen molar-refractivity contribution >= 4 is 29.2 Å². The van der Waals surface area contributed by atoms with Crippen LogP contribution in [0.15, 0.2) is 41.4 Å². The SMILES string of the molecule is COc1ccc(Cl)cc1N=Cc1ccc(N2CCOCC2)c(F)c1. The molecule has 0 N–H and O–H groups in total. The van der Waals surface area contributed by atoms with Crippen molar-refractivity contribution in [2.24, 2.45) is 4.99 Å². The number of benzene rings is 2. The minimum absolute atomic E-state index is 0.265. The molecule has 0 spiro atoms. The van der Waals surface area contributed by atoms with E-state index in [0.29, 0.717) is 54.0 Å². The molecule has 0 radical (unpaired) electrons. The van der Waals surface area contributed by atoms with Crippen LogP contribution in [0.1, 0.15) is 5.56 Å². The molecule has 0 saturated carbocycles. The van der Waals surface area contributed by atoms with Gasteiger partial charge in [0.2, 0.25) is 0 Å². The van der Waals surface area contributed by atoms with E-state index in [2.05, 4.69) is 4.99 Å². The molecule has 0 bridgehead atoms. The van der Waals surface area contributed by atoms with E-state index in [9.17, 15) is 4.39 Å². The first-order chi connectivity index (χ1) is 11.7. The van der Waals surface area contributed by atoms with Gasteiger partial charge in [0.15, 0.2) is 0 Å². The summed E-state index contributed by atoms with van der Waals surface area (Å²) in [4.78, 5) is 6.34. The first-order valence-corrected chi connectivity index (χ1v) is 8.05. The number of morpholine rings is 1. The van der Waals surface area contributed by atoms with Crippen molar-refractivity contribution in [3.8, 4) is 5.75 Å². The van der Waals surface area contributed by atoms with Gasteiger partial charge in [-0.3, -0.25) is 4.99 Å². The van der Waals surface area contributed by atoms with Gasteiger partial charge in [0.05, 0.1) is 26.0 Å². The molecule has 4 nitrogen and oxygen atoms in total. The molecule has 1 fully saturated rings. The van der Waals surface area contributed by atoms with Crippen LogP contribution in [0.4, 0.5) is 15.8 Å². The Morgan fingerprint density at radius 3 is 2.71 bits per heavy atom. The third-order valence-electron chi connectivity index (χ3n) is 3.82. The highest BCUT2D eigenvalue weighted by Crippen LogP contribution is 2.30. The zero-order chi connectivity index (χ0) is 16.9. The van der Waals surface area contributed by atoms with Crippen molar-refractivity contribution < 1.29 is 13.9 Å². The molecular formula is C18H18ClFN2O2. The van der Waals surface area contributed by atoms with Crippen molar-refractivity contribution in [3.63, 3.8) is 0 Å². The first-order valence-electron chi connectivity index (χ1n) is 7.67. The lowest BCUT2D eigenvalue weighted by atomic mass is 10.2. The van der Waals surface area contributed by atoms with Gasteiger partial charge in [0.25, 0.3) is 0 Å². The Hall–Kier alpha value is -2.11. The topological polar surface area (TPSA) is 34.1 Å². The number of nitrogens with zero attached hydrogens (tertiary/aromatic N) is 2. The third kappa shape index (κ3) is 3.86. The lowest BCUT2D eigenvalue weighted by molar-refractivity contribution is 0.122. The average molecular weight is 349 g/mol. The van der Waals surface area contributed by atoms with Gasteiger partial charge in [0, 0.05) is 24.3 Å². The molecular weight excluding hydrogens is 331 g/mol. The second kappa shape index (κ2) is 7.64. The number of aliphatic imine (C=N–C) groups is 1. The fraction of sp³-hybridized carbons (Fsp3) is 0.278. The van der Waals surface area contributed by atoms with Gasteiger partial charge in [-0.05, 0) is 35.9 Å². The molecule has 2 aromatic rings. The second-order valence-electron chi connectivity index (χ2n) is 5.38. The molecule has 6 heteroatoms. The van der Waals surface area contributed by atoms with Crippen molar-refractivity contribution in [3.05, 3.63) is 52.8 Å². The Balaban J connectivity index is 1.81. The highest BCUT2D eigenvalue weighted by molar-refractivity contribution is 6.30. The fourth-order valence-corrected chi connectivity index (χ4v) is 2.74. The van der Waals surface area contributed by atoms with Crippen LogP contribution < -0.4 is 9.64 Å². The molecule has 126 valence electrons. The normalized spacial score (nSPS) is 15.0. The summed E-state index contributed by atoms with van der Waals surface area (Å²) < 4.78 is 24.9. The van der Waals surface area contributed by atoms with Crippen LogP contribution in [-0.2, 0) is 4.74 Å². The highest BCUT2D eigenvalue weighted by Gasteiger charge is 2.15. The van der Waals surface area contributed by atoms with Gasteiger partial charge in [-0.25, -0.2) is 4.39 Å². The predicted octanol–water partition coefficient (Wildman–Crippen LogP) is 4.07. The van der Waals surface area contributed by atoms with Crippen LogP contribution in [0.25, 0.3) is 0 Å². The first kappa shape index (κ1) is 16.7. The van der Waals surface area contributed by atoms with Crippen molar-refractivity contribution in [1.29, 1.82) is 0 Å². The Morgan fingerprint density at radius 2 is 2.00 bits per heavy atom. The summed E-state index contributed by atoms with van der Waals surface area (Å²) in [5.74, 6) is 0.347. The monoisotopic (exact) mass is 348 g/mol. The van der Waals surface area contributed by atoms with Gasteiger partial charge >= 0.3 is 0 Å². The van der Waals surface area contributed by atoms with Gasteiger partial charge in [0.1, 0.15) is 17.3 Å². The second-order valence-corrected chi connectivity index (χ2v) is 5.82. The van der Waals surface area contributed by atoms with Crippen LogP contribution in [-0.4, -0.2) is 39.6 Å². The predicted molar refractivity (Wildman–Crippen MR) is 94.7 cm³/mol. The maximum Gasteiger partial charge on any atom is 0.147 e. The molecule has 1 heterocycles. The van der Waals surface area contributed by atoms with E-state index < -0.39 is 0 Å². The van der Waals surface area contributed by atoms with E-state index in [1.807, 2.05) is 11.0 Å². The Labute approximate surface area is 145 Å². The maximum absolute atomic E-state index is 14.4. The number of hydrogen-bond donors (Lipinski definition) is 0. The largest absolute Gasteiger partial charge is 0.494 e. The fourth-order valence-electron chi connectivity index (χ4n) is 2.57. The number of rotatable bonds is 4. The Kier molecular flexibility index (Phi) is 5.33. The molecule has 1 aliphatic rings. The molecule has 2 aromatic carbocycles. The van der Waals surface area contributed by atoms with E-state index in [-0.39, 0.29) is 5.82 Å². The minimum Gasteiger partial charge on any atom is -0.494 e. The molecule has 0 unspecified atom stereocenters. The Bertz CT molecular complexity index is 746. The lowest BCUT2D eigenvalue weighted by Gasteiger charge is -2.29. The van der Waals surface area contributed by atoms with Crippen LogP contribution in [0.3, 0.4) is 0 Å². The standard InChI is InChI=1S/C18H18ClFN2O2/c1-23-18-5-3-14(19)11-16(18)21-12-13-2-4-17(15(20)10-13)22-6-8-24-9-7-22/h2-5,10-12H,6-9H2,1H3. The number of anilines is 1. The van der Waals surface area contributed by atoms with Gasteiger partial charge in [-0.2, -0.15) is 0 Å². The molecule has 1 aliphatic heterocycles. The molecule has 0 amide bonds. The van der Waals surface area contributed by atoms with Crippen LogP contribution in [0.2, 0.25) is 5.02 Å². The number of hydrogen-bond acceptors (Lipinski definition) is 4. The zero-order valence-corrected chi connectivity index (χ0v) is 14.1. The summed E-state index contributed by atoms with van der Waals surface area (Å²) in [6, 6.07) is 10.3. The summed E-state index contributed by atoms with van der Waals surface area (Å²) in [6.45, 7) is 2.64. The van der Waals surface area contributed by atoms with Gasteiger partial charge in [-0.1, -0.05) is 17.7 Å². The van der Waals surface area contributed by atoms with Gasteiger partial charge in [-0.15, -0.1) is 0 Å². The summed E-state index contributed by atoms with van der Waals surface area (Å²) in [7, 11) is 1.57. The average Bonchev–Trinajstić information content (AvgIpc) is 2.61. The summed E-state index contributed by atoms with van der Waals surface area (Å²) in [5, 5.41) is 0.566. The molecule has 24 heavy (non-hydrogen) atoms. The van der Waals surface area contributed by atoms with E-state index >= 15 is 0 Å². The van der Waals surface area contributed by atoms with Crippen LogP contribution in [0.5, 0.6) is 5.75 Å². The molecule has 0 aliphatic carbocycles. The number of methoxy groups -OCH3 is 1. The zero-order valence-electron chi connectivity index (χ0n) is 13.3. The van der Waals surface area contributed by atoms with E-state index in [4.69, 9.17) is 21.1 Å². The van der Waals surface area contributed by atoms with E-state index in [1.165, 1.54) is 6.07 Å². The third-order valence-corrected chi connectivity index (χ3v) is 4.05. The molecule has 0 aromatic heterocycles. The molecule has 3 rings (SSSR count). The number of halogens is 2. The van der Waals surface area contributed by atoms with E-state index in [1.54, 1.807) is 37.6 Å². The highest BCUT2D eigenvalue weighted by atomic mass is 35.5. The van der Waals surface area contributed by atoms with E-state index in [0.717, 1.165) is 0 Å². The summed E-state index contributed by atoms with van der Waals surface area (Å²) >= 11 is 5.98. The maximum atomic E-state index is 14.4.